The molecule has 2 aromatic rings. The molecular weight excluding hydrogens is 260 g/mol. The normalized spacial score (nSPS) is 11.0. The molecule has 0 fully saturated rings. The van der Waals surface area contributed by atoms with E-state index in [1.165, 1.54) is 5.56 Å². The van der Waals surface area contributed by atoms with Crippen molar-refractivity contribution < 1.29 is 0 Å². The van der Waals surface area contributed by atoms with E-state index in [2.05, 4.69) is 72.6 Å². The lowest BCUT2D eigenvalue weighted by Crippen LogP contribution is -2.10. The fourth-order valence-electron chi connectivity index (χ4n) is 1.91. The summed E-state index contributed by atoms with van der Waals surface area (Å²) in [5.74, 6) is 2.58. The van der Waals surface area contributed by atoms with E-state index in [1.807, 2.05) is 6.07 Å². The number of anilines is 3. The van der Waals surface area contributed by atoms with Crippen molar-refractivity contribution in [3.05, 3.63) is 42.1 Å². The van der Waals surface area contributed by atoms with Crippen LogP contribution in [0.5, 0.6) is 0 Å². The highest BCUT2D eigenvalue weighted by Crippen LogP contribution is 2.19. The van der Waals surface area contributed by atoms with Gasteiger partial charge in [0.05, 0.1) is 0 Å². The van der Waals surface area contributed by atoms with Crippen LogP contribution in [0.25, 0.3) is 0 Å². The van der Waals surface area contributed by atoms with E-state index in [0.717, 1.165) is 18.1 Å². The summed E-state index contributed by atoms with van der Waals surface area (Å²) < 4.78 is 0. The summed E-state index contributed by atoms with van der Waals surface area (Å²) in [5, 5.41) is 6.54. The Balaban J connectivity index is 2.03. The Hall–Kier alpha value is -2.10. The predicted octanol–water partition coefficient (Wildman–Crippen LogP) is 4.41. The zero-order valence-electron chi connectivity index (χ0n) is 13.2. The first-order chi connectivity index (χ1) is 10.0. The summed E-state index contributed by atoms with van der Waals surface area (Å²) in [6.07, 6.45) is 1.76. The molecule has 2 N–H and O–H groups in total. The van der Waals surface area contributed by atoms with Crippen molar-refractivity contribution >= 4 is 17.5 Å². The summed E-state index contributed by atoms with van der Waals surface area (Å²) in [7, 11) is 0. The van der Waals surface area contributed by atoms with Gasteiger partial charge in [-0.3, -0.25) is 0 Å². The minimum absolute atomic E-state index is 0.541. The third-order valence-electron chi connectivity index (χ3n) is 3.18. The van der Waals surface area contributed by atoms with Crippen molar-refractivity contribution in [3.8, 4) is 0 Å². The standard InChI is InChI=1S/C17H24N4/c1-12(2)11-19-16-9-10-18-17(21-16)20-15-7-5-14(6-8-15)13(3)4/h5-10,12-13H,11H2,1-4H3,(H2,18,19,20,21). The number of hydrogen-bond donors (Lipinski definition) is 2. The van der Waals surface area contributed by atoms with Crippen LogP contribution < -0.4 is 10.6 Å². The quantitative estimate of drug-likeness (QED) is 0.825. The molecule has 0 amide bonds. The molecule has 0 atom stereocenters. The SMILES string of the molecule is CC(C)CNc1ccnc(Nc2ccc(C(C)C)cc2)n1. The summed E-state index contributed by atoms with van der Waals surface area (Å²) in [5.41, 5.74) is 2.33. The van der Waals surface area contributed by atoms with Gasteiger partial charge in [0.1, 0.15) is 5.82 Å². The minimum atomic E-state index is 0.541. The molecule has 1 aromatic heterocycles. The highest BCUT2D eigenvalue weighted by Gasteiger charge is 2.02. The summed E-state index contributed by atoms with van der Waals surface area (Å²) in [6.45, 7) is 9.62. The fourth-order valence-corrected chi connectivity index (χ4v) is 1.91. The maximum Gasteiger partial charge on any atom is 0.229 e. The summed E-state index contributed by atoms with van der Waals surface area (Å²) >= 11 is 0. The van der Waals surface area contributed by atoms with Crippen molar-refractivity contribution in [2.45, 2.75) is 33.6 Å². The maximum absolute atomic E-state index is 4.46. The number of nitrogens with zero attached hydrogens (tertiary/aromatic N) is 2. The molecule has 0 bridgehead atoms. The van der Waals surface area contributed by atoms with E-state index < -0.39 is 0 Å². The molecule has 0 saturated carbocycles. The molecule has 0 saturated heterocycles. The predicted molar refractivity (Wildman–Crippen MR) is 89.2 cm³/mol. The van der Waals surface area contributed by atoms with E-state index >= 15 is 0 Å². The third-order valence-corrected chi connectivity index (χ3v) is 3.18. The van der Waals surface area contributed by atoms with Gasteiger partial charge in [0.25, 0.3) is 0 Å². The van der Waals surface area contributed by atoms with Gasteiger partial charge in [0.2, 0.25) is 5.95 Å². The van der Waals surface area contributed by atoms with E-state index in [1.54, 1.807) is 6.20 Å². The largest absolute Gasteiger partial charge is 0.370 e. The molecule has 2 rings (SSSR count). The first kappa shape index (κ1) is 15.3. The van der Waals surface area contributed by atoms with Crippen LogP contribution in [0.15, 0.2) is 36.5 Å². The smallest absolute Gasteiger partial charge is 0.229 e. The maximum atomic E-state index is 4.46. The Bertz CT molecular complexity index is 561. The van der Waals surface area contributed by atoms with Crippen molar-refractivity contribution in [3.63, 3.8) is 0 Å². The molecule has 1 aromatic carbocycles. The van der Waals surface area contributed by atoms with Crippen LogP contribution in [0.3, 0.4) is 0 Å². The van der Waals surface area contributed by atoms with E-state index in [9.17, 15) is 0 Å². The third kappa shape index (κ3) is 4.74. The highest BCUT2D eigenvalue weighted by atomic mass is 15.1. The van der Waals surface area contributed by atoms with Crippen molar-refractivity contribution in [1.82, 2.24) is 9.97 Å². The second-order valence-electron chi connectivity index (χ2n) is 5.94. The number of rotatable bonds is 6. The Morgan fingerprint density at radius 1 is 1.00 bits per heavy atom. The van der Waals surface area contributed by atoms with Crippen LogP contribution in [-0.4, -0.2) is 16.5 Å². The molecule has 4 nitrogen and oxygen atoms in total. The average molecular weight is 284 g/mol. The monoisotopic (exact) mass is 284 g/mol. The summed E-state index contributed by atoms with van der Waals surface area (Å²) in [6, 6.07) is 10.3. The van der Waals surface area contributed by atoms with Crippen molar-refractivity contribution in [2.24, 2.45) is 5.92 Å². The zero-order chi connectivity index (χ0) is 15.2. The molecule has 1 heterocycles. The molecule has 0 unspecified atom stereocenters. The molecule has 0 aliphatic heterocycles. The minimum Gasteiger partial charge on any atom is -0.370 e. The van der Waals surface area contributed by atoms with Crippen LogP contribution in [-0.2, 0) is 0 Å². The number of benzene rings is 1. The molecule has 0 spiro atoms. The van der Waals surface area contributed by atoms with Gasteiger partial charge in [-0.1, -0.05) is 39.8 Å². The molecule has 0 radical (unpaired) electrons. The average Bonchev–Trinajstić information content (AvgIpc) is 2.46. The molecule has 4 heteroatoms. The zero-order valence-corrected chi connectivity index (χ0v) is 13.2. The van der Waals surface area contributed by atoms with Crippen molar-refractivity contribution in [2.75, 3.05) is 17.2 Å². The first-order valence-electron chi connectivity index (χ1n) is 7.48. The fraction of sp³-hybridized carbons (Fsp3) is 0.412. The van der Waals surface area contributed by atoms with Gasteiger partial charge in [-0.05, 0) is 35.6 Å². The number of hydrogen-bond acceptors (Lipinski definition) is 4. The van der Waals surface area contributed by atoms with Gasteiger partial charge in [-0.15, -0.1) is 0 Å². The lowest BCUT2D eigenvalue weighted by Gasteiger charge is -2.10. The van der Waals surface area contributed by atoms with E-state index in [0.29, 0.717) is 17.8 Å². The second kappa shape index (κ2) is 7.07. The molecule has 21 heavy (non-hydrogen) atoms. The van der Waals surface area contributed by atoms with Crippen LogP contribution in [0.4, 0.5) is 17.5 Å². The van der Waals surface area contributed by atoms with Crippen LogP contribution in [0.2, 0.25) is 0 Å². The number of nitrogens with one attached hydrogen (secondary N) is 2. The van der Waals surface area contributed by atoms with E-state index in [-0.39, 0.29) is 0 Å². The summed E-state index contributed by atoms with van der Waals surface area (Å²) in [4.78, 5) is 8.72. The Morgan fingerprint density at radius 3 is 2.33 bits per heavy atom. The van der Waals surface area contributed by atoms with Crippen LogP contribution >= 0.6 is 0 Å². The van der Waals surface area contributed by atoms with Gasteiger partial charge in [0, 0.05) is 18.4 Å². The Labute approximate surface area is 127 Å². The number of aromatic nitrogens is 2. The molecule has 112 valence electrons. The Kier molecular flexibility index (Phi) is 5.14. The van der Waals surface area contributed by atoms with Crippen molar-refractivity contribution in [1.29, 1.82) is 0 Å². The molecule has 0 aliphatic rings. The van der Waals surface area contributed by atoms with Crippen LogP contribution in [0, 0.1) is 5.92 Å². The van der Waals surface area contributed by atoms with Gasteiger partial charge < -0.3 is 10.6 Å². The molecule has 0 aliphatic carbocycles. The van der Waals surface area contributed by atoms with Gasteiger partial charge in [0.15, 0.2) is 0 Å². The topological polar surface area (TPSA) is 49.8 Å². The van der Waals surface area contributed by atoms with E-state index in [4.69, 9.17) is 0 Å². The Morgan fingerprint density at radius 2 is 1.71 bits per heavy atom. The van der Waals surface area contributed by atoms with Gasteiger partial charge in [-0.25, -0.2) is 4.98 Å². The highest BCUT2D eigenvalue weighted by molar-refractivity contribution is 5.55. The van der Waals surface area contributed by atoms with Crippen LogP contribution in [0.1, 0.15) is 39.2 Å². The van der Waals surface area contributed by atoms with Gasteiger partial charge >= 0.3 is 0 Å². The van der Waals surface area contributed by atoms with Gasteiger partial charge in [-0.2, -0.15) is 4.98 Å². The second-order valence-corrected chi connectivity index (χ2v) is 5.94. The lowest BCUT2D eigenvalue weighted by molar-refractivity contribution is 0.687. The lowest BCUT2D eigenvalue weighted by atomic mass is 10.0. The first-order valence-corrected chi connectivity index (χ1v) is 7.48. The molecular formula is C17H24N4.